The number of guanidine groups is 1. The van der Waals surface area contributed by atoms with Crippen LogP contribution >= 0.6 is 11.8 Å². The van der Waals surface area contributed by atoms with Crippen molar-refractivity contribution < 1.29 is 0 Å². The molecule has 0 amide bonds. The van der Waals surface area contributed by atoms with E-state index in [1.807, 2.05) is 0 Å². The van der Waals surface area contributed by atoms with E-state index in [1.165, 1.54) is 0 Å². The van der Waals surface area contributed by atoms with Crippen molar-refractivity contribution in [3.05, 3.63) is 29.2 Å². The fourth-order valence-corrected chi connectivity index (χ4v) is 0.594. The smallest absolute Gasteiger partial charge is 0.0838 e. The Hall–Kier alpha value is -1.29. The van der Waals surface area contributed by atoms with Crippen LogP contribution in [-0.2, 0) is 0 Å². The maximum Gasteiger partial charge on any atom is 0.0838 e. The molecule has 2 N–H and O–H groups in total. The molecule has 0 aromatic carbocycles. The topological polar surface area (TPSA) is 65.4 Å². The van der Waals surface area contributed by atoms with Crippen LogP contribution in [-0.4, -0.2) is 10.9 Å². The van der Waals surface area contributed by atoms with Crippen molar-refractivity contribution in [3.8, 4) is 0 Å². The van der Waals surface area contributed by atoms with Gasteiger partial charge in [-0.15, -0.1) is 0 Å². The number of halogens is 1. The van der Waals surface area contributed by atoms with E-state index in [-0.39, 0.29) is 5.96 Å². The first-order valence-corrected chi connectivity index (χ1v) is 3.24. The highest BCUT2D eigenvalue weighted by molar-refractivity contribution is 6.36. The first-order chi connectivity index (χ1) is 5.33. The quantitative estimate of drug-likeness (QED) is 0.512. The van der Waals surface area contributed by atoms with E-state index in [0.29, 0.717) is 5.82 Å². The van der Waals surface area contributed by atoms with E-state index >= 15 is 0 Å². The van der Waals surface area contributed by atoms with Gasteiger partial charge >= 0.3 is 0 Å². The predicted molar refractivity (Wildman–Crippen MR) is 44.7 cm³/mol. The number of aromatic nitrogens is 1. The second-order valence-corrected chi connectivity index (χ2v) is 1.91. The molecule has 0 aliphatic rings. The van der Waals surface area contributed by atoms with E-state index in [0.717, 1.165) is 0 Å². The molecule has 0 bridgehead atoms. The molecule has 11 heavy (non-hydrogen) atoms. The molecule has 0 aliphatic heterocycles. The van der Waals surface area contributed by atoms with Crippen molar-refractivity contribution in [2.45, 2.75) is 0 Å². The maximum absolute atomic E-state index is 5.22. The predicted octanol–water partition coefficient (Wildman–Crippen LogP) is 1.56. The number of hydrogen-bond acceptors (Lipinski definition) is 2. The Bertz CT molecular complexity index is 246. The summed E-state index contributed by atoms with van der Waals surface area (Å²) in [5.74, 6) is 0.500. The lowest BCUT2D eigenvalue weighted by atomic mass is 10.5. The summed E-state index contributed by atoms with van der Waals surface area (Å²) in [7, 11) is 0. The summed E-state index contributed by atoms with van der Waals surface area (Å²) in [6.45, 7) is 0. The highest BCUT2D eigenvalue weighted by atomic mass is 35.5. The van der Waals surface area contributed by atoms with E-state index in [4.69, 9.17) is 17.5 Å². The summed E-state index contributed by atoms with van der Waals surface area (Å²) >= 11 is 5.04. The van der Waals surface area contributed by atoms with Gasteiger partial charge in [0.05, 0.1) is 5.82 Å². The Morgan fingerprint density at radius 1 is 1.64 bits per heavy atom. The van der Waals surface area contributed by atoms with Crippen LogP contribution < -0.4 is 5.73 Å². The summed E-state index contributed by atoms with van der Waals surface area (Å²) in [6.07, 6.45) is 1.61. The lowest BCUT2D eigenvalue weighted by Gasteiger charge is -2.03. The summed E-state index contributed by atoms with van der Waals surface area (Å²) in [5.41, 5.74) is 5.22. The molecule has 5 heteroatoms. The fourth-order valence-electron chi connectivity index (χ4n) is 0.556. The fraction of sp³-hybridized carbons (Fsp3) is 0. The number of nitrogens with two attached hydrogens (primary N) is 1. The molecule has 0 fully saturated rings. The second-order valence-electron chi connectivity index (χ2n) is 1.74. The van der Waals surface area contributed by atoms with E-state index in [2.05, 4.69) is 14.8 Å². The Labute approximate surface area is 69.2 Å². The highest BCUT2D eigenvalue weighted by Crippen LogP contribution is 2.06. The minimum atomic E-state index is 0.00497. The van der Waals surface area contributed by atoms with Gasteiger partial charge in [-0.25, -0.2) is 0 Å². The minimum absolute atomic E-state index is 0.00497. The van der Waals surface area contributed by atoms with Gasteiger partial charge in [0.1, 0.15) is 0 Å². The number of hydrogen-bond donors (Lipinski definition) is 1. The molecule has 0 saturated carbocycles. The zero-order valence-electron chi connectivity index (χ0n) is 5.61. The Morgan fingerprint density at radius 3 is 3.00 bits per heavy atom. The number of nitrogens with zero attached hydrogens (tertiary/aromatic N) is 3. The van der Waals surface area contributed by atoms with Crippen molar-refractivity contribution in [1.82, 2.24) is 4.98 Å². The zero-order valence-corrected chi connectivity index (χ0v) is 6.36. The van der Waals surface area contributed by atoms with Gasteiger partial charge < -0.3 is 15.6 Å². The minimum Gasteiger partial charge on any atom is -0.453 e. The average Bonchev–Trinajstić information content (AvgIpc) is 2.06. The molecule has 1 rings (SSSR count). The van der Waals surface area contributed by atoms with Gasteiger partial charge in [-0.2, -0.15) is 0 Å². The van der Waals surface area contributed by atoms with Gasteiger partial charge in [-0.3, -0.25) is 4.98 Å². The van der Waals surface area contributed by atoms with Gasteiger partial charge in [-0.05, 0) is 12.1 Å². The third kappa shape index (κ3) is 2.43. The highest BCUT2D eigenvalue weighted by Gasteiger charge is 1.80. The van der Waals surface area contributed by atoms with Crippen LogP contribution in [0.1, 0.15) is 0 Å². The lowest BCUT2D eigenvalue weighted by molar-refractivity contribution is 1.27. The molecular formula is C6H6ClN4-. The van der Waals surface area contributed by atoms with Gasteiger partial charge in [0.25, 0.3) is 0 Å². The van der Waals surface area contributed by atoms with Crippen molar-refractivity contribution in [1.29, 1.82) is 0 Å². The van der Waals surface area contributed by atoms with E-state index < -0.39 is 0 Å². The third-order valence-electron chi connectivity index (χ3n) is 0.965. The molecule has 1 aromatic heterocycles. The standard InChI is InChI=1S/C6H6ClN4/c7-11-6(8)10-5-3-1-2-4-9-5/h1-4H,(H2-,8,9,10,11)/q-1. The van der Waals surface area contributed by atoms with Crippen LogP contribution in [0.25, 0.3) is 4.84 Å². The summed E-state index contributed by atoms with van der Waals surface area (Å²) in [5, 5.41) is 0. The molecule has 1 heterocycles. The Balaban J connectivity index is 2.79. The molecule has 0 unspecified atom stereocenters. The molecule has 4 nitrogen and oxygen atoms in total. The van der Waals surface area contributed by atoms with Crippen LogP contribution in [0.2, 0.25) is 0 Å². The molecule has 0 aliphatic carbocycles. The van der Waals surface area contributed by atoms with Crippen LogP contribution in [0.5, 0.6) is 0 Å². The largest absolute Gasteiger partial charge is 0.453 e. The van der Waals surface area contributed by atoms with Crippen LogP contribution in [0.15, 0.2) is 29.4 Å². The Morgan fingerprint density at radius 2 is 2.45 bits per heavy atom. The lowest BCUT2D eigenvalue weighted by Crippen LogP contribution is -2.05. The van der Waals surface area contributed by atoms with Crippen LogP contribution in [0.4, 0.5) is 5.82 Å². The number of rotatable bonds is 1. The van der Waals surface area contributed by atoms with Crippen LogP contribution in [0, 0.1) is 0 Å². The van der Waals surface area contributed by atoms with Crippen molar-refractivity contribution in [2.24, 2.45) is 10.7 Å². The van der Waals surface area contributed by atoms with Crippen molar-refractivity contribution in [2.75, 3.05) is 0 Å². The van der Waals surface area contributed by atoms with Gasteiger partial charge in [0.15, 0.2) is 0 Å². The SMILES string of the molecule is N/C(=N/c1ccccn1)[N-]Cl. The average molecular weight is 170 g/mol. The molecule has 0 atom stereocenters. The maximum atomic E-state index is 5.22. The molecule has 0 saturated heterocycles. The summed E-state index contributed by atoms with van der Waals surface area (Å²) in [4.78, 5) is 10.8. The normalized spacial score (nSPS) is 11.2. The van der Waals surface area contributed by atoms with Crippen molar-refractivity contribution >= 4 is 23.6 Å². The van der Waals surface area contributed by atoms with E-state index in [1.54, 1.807) is 24.4 Å². The third-order valence-corrected chi connectivity index (χ3v) is 1.14. The molecular weight excluding hydrogens is 164 g/mol. The number of pyridine rings is 1. The van der Waals surface area contributed by atoms with Gasteiger partial charge in [-0.1, -0.05) is 17.8 Å². The monoisotopic (exact) mass is 169 g/mol. The number of aliphatic imine (C=N–C) groups is 1. The zero-order chi connectivity index (χ0) is 8.10. The first-order valence-electron chi connectivity index (χ1n) is 2.90. The molecule has 1 aromatic rings. The first kappa shape index (κ1) is 7.81. The van der Waals surface area contributed by atoms with E-state index in [9.17, 15) is 0 Å². The van der Waals surface area contributed by atoms with Gasteiger partial charge in [0, 0.05) is 12.2 Å². The van der Waals surface area contributed by atoms with Crippen LogP contribution in [0.3, 0.4) is 0 Å². The molecule has 0 radical (unpaired) electrons. The summed E-state index contributed by atoms with van der Waals surface area (Å²) in [6, 6.07) is 5.29. The second kappa shape index (κ2) is 3.78. The summed E-state index contributed by atoms with van der Waals surface area (Å²) < 4.78 is 0. The molecule has 0 spiro atoms. The van der Waals surface area contributed by atoms with Gasteiger partial charge in [0.2, 0.25) is 0 Å². The Kier molecular flexibility index (Phi) is 2.68. The molecule has 58 valence electrons. The van der Waals surface area contributed by atoms with Crippen molar-refractivity contribution in [3.63, 3.8) is 0 Å².